The maximum atomic E-state index is 11.6. The fourth-order valence-corrected chi connectivity index (χ4v) is 3.78. The molecule has 0 aromatic heterocycles. The van der Waals surface area contributed by atoms with Gasteiger partial charge < -0.3 is 4.98 Å². The number of carbonyl (C=O) groups is 1. The van der Waals surface area contributed by atoms with Crippen molar-refractivity contribution in [3.63, 3.8) is 0 Å². The van der Waals surface area contributed by atoms with Gasteiger partial charge >= 0.3 is 0 Å². The van der Waals surface area contributed by atoms with E-state index in [0.717, 1.165) is 16.1 Å². The van der Waals surface area contributed by atoms with Crippen LogP contribution in [0.5, 0.6) is 0 Å². The summed E-state index contributed by atoms with van der Waals surface area (Å²) in [5.41, 5.74) is 2.27. The minimum Gasteiger partial charge on any atom is -0.320 e. The lowest BCUT2D eigenvalue weighted by molar-refractivity contribution is -0.114. The molecule has 0 atom stereocenters. The third-order valence-corrected chi connectivity index (χ3v) is 4.28. The smallest absolute Gasteiger partial charge is 0.253 e. The second-order valence-corrected chi connectivity index (χ2v) is 5.92. The van der Waals surface area contributed by atoms with E-state index in [1.807, 2.05) is 19.2 Å². The summed E-state index contributed by atoms with van der Waals surface area (Å²) in [7, 11) is 3.10. The van der Waals surface area contributed by atoms with Gasteiger partial charge in [0.15, 0.2) is 5.78 Å². The highest BCUT2D eigenvalue weighted by Crippen LogP contribution is 2.32. The molecule has 2 aliphatic rings. The average Bonchev–Trinajstić information content (AvgIpc) is 2.69. The highest BCUT2D eigenvalue weighted by atomic mass is 32.9. The Morgan fingerprint density at radius 1 is 1.50 bits per heavy atom. The fraction of sp³-hybridized carbons (Fsp3) is 0.273. The van der Waals surface area contributed by atoms with Crippen LogP contribution in [0.1, 0.15) is 19.4 Å². The average molecular weight is 253 g/mol. The van der Waals surface area contributed by atoms with Crippen molar-refractivity contribution in [1.82, 2.24) is 4.98 Å². The summed E-state index contributed by atoms with van der Waals surface area (Å²) < 4.78 is 0. The standard InChI is InChI=1S/C11H11NO2S2/c1-6(2)3-7(13)4-8-10-9(5-15-16-10)12-11(8)14/h3,5H,4H2,1-2H3,(H,12,14). The van der Waals surface area contributed by atoms with E-state index in [1.165, 1.54) is 10.3 Å². The Hall–Kier alpha value is -1.20. The predicted octanol–water partition coefficient (Wildman–Crippen LogP) is 2.68. The van der Waals surface area contributed by atoms with Gasteiger partial charge in [0.05, 0.1) is 10.6 Å². The summed E-state index contributed by atoms with van der Waals surface area (Å²) >= 11 is 0. The zero-order valence-corrected chi connectivity index (χ0v) is 10.6. The number of rotatable bonds is 3. The molecule has 0 aromatic rings. The predicted molar refractivity (Wildman–Crippen MR) is 67.6 cm³/mol. The first-order valence-electron chi connectivity index (χ1n) is 4.84. The molecule has 0 bridgehead atoms. The van der Waals surface area contributed by atoms with E-state index in [-0.39, 0.29) is 17.8 Å². The minimum absolute atomic E-state index is 0.0172. The molecule has 1 N–H and O–H groups in total. The quantitative estimate of drug-likeness (QED) is 0.675. The molecule has 3 nitrogen and oxygen atoms in total. The number of fused-ring (bicyclic) bond motifs is 1. The van der Waals surface area contributed by atoms with Crippen LogP contribution in [0.2, 0.25) is 0 Å². The summed E-state index contributed by atoms with van der Waals surface area (Å²) in [5, 5.41) is 1.90. The maximum Gasteiger partial charge on any atom is 0.253 e. The van der Waals surface area contributed by atoms with Crippen LogP contribution in [0.25, 0.3) is 10.6 Å². The first-order chi connectivity index (χ1) is 7.58. The van der Waals surface area contributed by atoms with E-state index in [1.54, 1.807) is 16.4 Å². The SMILES string of the molecule is CC(C)=CC(=O)Cc1c2sscc-2[nH]c1=O. The Labute approximate surface area is 100 Å². The van der Waals surface area contributed by atoms with Gasteiger partial charge in [0, 0.05) is 17.4 Å². The molecule has 0 saturated carbocycles. The number of ketones is 1. The number of H-pyrrole nitrogens is 1. The topological polar surface area (TPSA) is 49.9 Å². The van der Waals surface area contributed by atoms with E-state index >= 15 is 0 Å². The van der Waals surface area contributed by atoms with Gasteiger partial charge in [-0.3, -0.25) is 9.59 Å². The number of carbonyl (C=O) groups excluding carboxylic acids is 1. The number of aromatic nitrogens is 1. The van der Waals surface area contributed by atoms with Crippen molar-refractivity contribution in [3.8, 4) is 10.6 Å². The molecule has 16 heavy (non-hydrogen) atoms. The van der Waals surface area contributed by atoms with Crippen molar-refractivity contribution >= 4 is 26.5 Å². The highest BCUT2D eigenvalue weighted by molar-refractivity contribution is 7.70. The molecule has 0 spiro atoms. The van der Waals surface area contributed by atoms with Crippen LogP contribution in [0.4, 0.5) is 0 Å². The van der Waals surface area contributed by atoms with Crippen LogP contribution in [-0.2, 0) is 11.2 Å². The van der Waals surface area contributed by atoms with Gasteiger partial charge in [0.1, 0.15) is 0 Å². The molecule has 0 amide bonds. The van der Waals surface area contributed by atoms with Crippen LogP contribution in [0, 0.1) is 0 Å². The number of aromatic amines is 1. The number of nitrogens with one attached hydrogen (secondary N) is 1. The lowest BCUT2D eigenvalue weighted by atomic mass is 10.1. The third-order valence-electron chi connectivity index (χ3n) is 2.14. The van der Waals surface area contributed by atoms with Gasteiger partial charge in [-0.05, 0) is 19.9 Å². The Morgan fingerprint density at radius 2 is 2.25 bits per heavy atom. The summed E-state index contributed by atoms with van der Waals surface area (Å²) in [4.78, 5) is 26.9. The van der Waals surface area contributed by atoms with Crippen LogP contribution in [0.15, 0.2) is 21.8 Å². The second-order valence-electron chi connectivity index (χ2n) is 3.84. The Bertz CT molecular complexity index is 569. The Kier molecular flexibility index (Phi) is 3.07. The van der Waals surface area contributed by atoms with Gasteiger partial charge in [-0.1, -0.05) is 26.3 Å². The molecule has 0 fully saturated rings. The third kappa shape index (κ3) is 2.15. The first kappa shape index (κ1) is 11.3. The van der Waals surface area contributed by atoms with Crippen molar-refractivity contribution in [1.29, 1.82) is 0 Å². The van der Waals surface area contributed by atoms with Crippen molar-refractivity contribution in [3.05, 3.63) is 32.9 Å². The van der Waals surface area contributed by atoms with E-state index in [4.69, 9.17) is 0 Å². The number of hydrogen-bond donors (Lipinski definition) is 1. The highest BCUT2D eigenvalue weighted by Gasteiger charge is 2.18. The van der Waals surface area contributed by atoms with E-state index in [2.05, 4.69) is 4.98 Å². The monoisotopic (exact) mass is 253 g/mol. The molecule has 0 radical (unpaired) electrons. The van der Waals surface area contributed by atoms with Crippen molar-refractivity contribution < 1.29 is 4.79 Å². The lowest BCUT2D eigenvalue weighted by Gasteiger charge is -1.94. The molecule has 0 unspecified atom stereocenters. The summed E-state index contributed by atoms with van der Waals surface area (Å²) in [6, 6.07) is 0. The molecule has 84 valence electrons. The minimum atomic E-state index is -0.135. The van der Waals surface area contributed by atoms with E-state index in [0.29, 0.717) is 5.56 Å². The second kappa shape index (κ2) is 4.35. The zero-order chi connectivity index (χ0) is 11.7. The number of hydrogen-bond acceptors (Lipinski definition) is 4. The van der Waals surface area contributed by atoms with E-state index < -0.39 is 0 Å². The van der Waals surface area contributed by atoms with Crippen LogP contribution in [0.3, 0.4) is 0 Å². The molecule has 0 aromatic carbocycles. The van der Waals surface area contributed by atoms with Crippen LogP contribution >= 0.6 is 20.7 Å². The van der Waals surface area contributed by atoms with Crippen molar-refractivity contribution in [2.24, 2.45) is 0 Å². The van der Waals surface area contributed by atoms with Gasteiger partial charge in [-0.25, -0.2) is 0 Å². The van der Waals surface area contributed by atoms with Crippen molar-refractivity contribution in [2.75, 3.05) is 0 Å². The molecular formula is C11H11NO2S2. The zero-order valence-electron chi connectivity index (χ0n) is 8.99. The van der Waals surface area contributed by atoms with Crippen LogP contribution < -0.4 is 5.56 Å². The fourth-order valence-electron chi connectivity index (χ4n) is 1.53. The molecule has 2 heterocycles. The van der Waals surface area contributed by atoms with Gasteiger partial charge in [-0.2, -0.15) is 0 Å². The summed E-state index contributed by atoms with van der Waals surface area (Å²) in [6.45, 7) is 3.74. The molecule has 0 saturated heterocycles. The molecule has 0 aliphatic carbocycles. The van der Waals surface area contributed by atoms with Gasteiger partial charge in [0.2, 0.25) is 0 Å². The Morgan fingerprint density at radius 3 is 2.94 bits per heavy atom. The normalized spacial score (nSPS) is 10.6. The van der Waals surface area contributed by atoms with E-state index in [9.17, 15) is 9.59 Å². The first-order valence-corrected chi connectivity index (χ1v) is 7.05. The summed E-state index contributed by atoms with van der Waals surface area (Å²) in [6.07, 6.45) is 1.77. The maximum absolute atomic E-state index is 11.6. The molecule has 5 heteroatoms. The summed E-state index contributed by atoms with van der Waals surface area (Å²) in [5.74, 6) is -0.0172. The van der Waals surface area contributed by atoms with Gasteiger partial charge in [-0.15, -0.1) is 0 Å². The van der Waals surface area contributed by atoms with Crippen LogP contribution in [-0.4, -0.2) is 10.8 Å². The molecule has 2 rings (SSSR count). The largest absolute Gasteiger partial charge is 0.320 e. The Balaban J connectivity index is 2.31. The molecule has 2 aliphatic heterocycles. The molecular weight excluding hydrogens is 242 g/mol. The number of allylic oxidation sites excluding steroid dienone is 2. The lowest BCUT2D eigenvalue weighted by Crippen LogP contribution is -2.10. The van der Waals surface area contributed by atoms with Crippen molar-refractivity contribution in [2.45, 2.75) is 20.3 Å². The van der Waals surface area contributed by atoms with Gasteiger partial charge in [0.25, 0.3) is 5.56 Å².